The number of amides is 1. The molecule has 0 bridgehead atoms. The zero-order chi connectivity index (χ0) is 25.4. The molecule has 0 N–H and O–H groups in total. The summed E-state index contributed by atoms with van der Waals surface area (Å²) >= 11 is 0. The molecule has 2 aromatic carbocycles. The van der Waals surface area contributed by atoms with Crippen LogP contribution in [0.4, 0.5) is 18.9 Å². The third kappa shape index (κ3) is 4.60. The van der Waals surface area contributed by atoms with E-state index in [1.165, 1.54) is 6.07 Å². The van der Waals surface area contributed by atoms with Crippen LogP contribution in [0.15, 0.2) is 71.3 Å². The highest BCUT2D eigenvalue weighted by molar-refractivity contribution is 5.94. The maximum Gasteiger partial charge on any atom is 0.416 e. The molecule has 0 unspecified atom stereocenters. The monoisotopic (exact) mass is 494 g/mol. The summed E-state index contributed by atoms with van der Waals surface area (Å²) in [4.78, 5) is 17.2. The van der Waals surface area contributed by atoms with Crippen LogP contribution in [0.5, 0.6) is 0 Å². The van der Waals surface area contributed by atoms with Gasteiger partial charge in [-0.2, -0.15) is 18.3 Å². The lowest BCUT2D eigenvalue weighted by atomic mass is 10.1. The van der Waals surface area contributed by atoms with Gasteiger partial charge < -0.3 is 14.2 Å². The Bertz CT molecular complexity index is 1380. The Hall–Kier alpha value is -4.01. The van der Waals surface area contributed by atoms with E-state index in [1.807, 2.05) is 36.9 Å². The third-order valence-corrected chi connectivity index (χ3v) is 6.39. The van der Waals surface area contributed by atoms with E-state index in [4.69, 9.17) is 4.42 Å². The van der Waals surface area contributed by atoms with Gasteiger partial charge in [-0.3, -0.25) is 4.79 Å². The molecule has 0 aliphatic carbocycles. The predicted octanol–water partition coefficient (Wildman–Crippen LogP) is 5.73. The summed E-state index contributed by atoms with van der Waals surface area (Å²) in [7, 11) is 0. The van der Waals surface area contributed by atoms with Gasteiger partial charge in [0.25, 0.3) is 5.91 Å². The molecule has 0 radical (unpaired) electrons. The van der Waals surface area contributed by atoms with Crippen LogP contribution in [0, 0.1) is 13.8 Å². The average Bonchev–Trinajstić information content (AvgIpc) is 3.54. The van der Waals surface area contributed by atoms with Gasteiger partial charge in [0.1, 0.15) is 11.4 Å². The number of piperazine rings is 1. The van der Waals surface area contributed by atoms with Crippen LogP contribution >= 0.6 is 0 Å². The topological polar surface area (TPSA) is 54.5 Å². The highest BCUT2D eigenvalue weighted by Gasteiger charge is 2.32. The fourth-order valence-corrected chi connectivity index (χ4v) is 4.51. The number of rotatable bonds is 4. The van der Waals surface area contributed by atoms with E-state index in [2.05, 4.69) is 5.10 Å². The Morgan fingerprint density at radius 1 is 0.944 bits per heavy atom. The summed E-state index contributed by atoms with van der Waals surface area (Å²) in [5.41, 5.74) is 3.65. The molecule has 1 saturated heterocycles. The second kappa shape index (κ2) is 9.22. The minimum Gasteiger partial charge on any atom is -0.463 e. The summed E-state index contributed by atoms with van der Waals surface area (Å²) in [5, 5.41) is 4.68. The summed E-state index contributed by atoms with van der Waals surface area (Å²) in [5.74, 6) is 0.367. The van der Waals surface area contributed by atoms with E-state index in [0.29, 0.717) is 49.0 Å². The standard InChI is InChI=1S/C27H25F3N4O2/c1-18-8-9-23(19(2)15-18)34-24(17-22(31-34)25-7-4-14-36-25)26(35)33-12-10-32(11-13-33)21-6-3-5-20(16-21)27(28,29)30/h3-9,14-17H,10-13H2,1-2H3. The molecular weight excluding hydrogens is 469 g/mol. The maximum absolute atomic E-state index is 13.7. The number of benzene rings is 2. The molecule has 9 heteroatoms. The molecule has 0 atom stereocenters. The first-order chi connectivity index (χ1) is 17.2. The smallest absolute Gasteiger partial charge is 0.416 e. The van der Waals surface area contributed by atoms with E-state index >= 15 is 0 Å². The Morgan fingerprint density at radius 2 is 1.72 bits per heavy atom. The van der Waals surface area contributed by atoms with Gasteiger partial charge in [0, 0.05) is 37.9 Å². The molecule has 186 valence electrons. The van der Waals surface area contributed by atoms with E-state index < -0.39 is 11.7 Å². The molecule has 4 aromatic rings. The lowest BCUT2D eigenvalue weighted by Crippen LogP contribution is -2.49. The minimum absolute atomic E-state index is 0.191. The van der Waals surface area contributed by atoms with Gasteiger partial charge in [-0.05, 0) is 55.8 Å². The van der Waals surface area contributed by atoms with Crippen molar-refractivity contribution < 1.29 is 22.4 Å². The van der Waals surface area contributed by atoms with Crippen molar-refractivity contribution in [3.8, 4) is 17.1 Å². The molecule has 2 aromatic heterocycles. The van der Waals surface area contributed by atoms with Gasteiger partial charge in [-0.15, -0.1) is 0 Å². The fraction of sp³-hybridized carbons (Fsp3) is 0.259. The molecule has 3 heterocycles. The van der Waals surface area contributed by atoms with E-state index in [1.54, 1.807) is 40.1 Å². The van der Waals surface area contributed by atoms with Gasteiger partial charge in [0.05, 0.1) is 17.5 Å². The third-order valence-electron chi connectivity index (χ3n) is 6.39. The molecule has 1 aliphatic heterocycles. The van der Waals surface area contributed by atoms with Crippen molar-refractivity contribution in [2.24, 2.45) is 0 Å². The number of aromatic nitrogens is 2. The molecule has 6 nitrogen and oxygen atoms in total. The lowest BCUT2D eigenvalue weighted by molar-refractivity contribution is -0.137. The fourth-order valence-electron chi connectivity index (χ4n) is 4.51. The number of hydrogen-bond acceptors (Lipinski definition) is 4. The Balaban J connectivity index is 1.40. The van der Waals surface area contributed by atoms with Gasteiger partial charge in [0.15, 0.2) is 5.76 Å². The summed E-state index contributed by atoms with van der Waals surface area (Å²) < 4.78 is 46.6. The Morgan fingerprint density at radius 3 is 2.39 bits per heavy atom. The number of anilines is 1. The van der Waals surface area contributed by atoms with Crippen molar-refractivity contribution in [3.05, 3.63) is 89.3 Å². The van der Waals surface area contributed by atoms with E-state index in [-0.39, 0.29) is 5.91 Å². The molecule has 5 rings (SSSR count). The molecule has 1 fully saturated rings. The molecule has 1 aliphatic rings. The SMILES string of the molecule is Cc1ccc(-n2nc(-c3ccco3)cc2C(=O)N2CCN(c3cccc(C(F)(F)F)c3)CC2)c(C)c1. The maximum atomic E-state index is 13.7. The first kappa shape index (κ1) is 23.7. The number of halogens is 3. The van der Waals surface area contributed by atoms with Crippen LogP contribution < -0.4 is 4.90 Å². The first-order valence-corrected chi connectivity index (χ1v) is 11.6. The number of carbonyl (C=O) groups excluding carboxylic acids is 1. The van der Waals surface area contributed by atoms with Gasteiger partial charge >= 0.3 is 6.18 Å². The van der Waals surface area contributed by atoms with Crippen LogP contribution in [-0.2, 0) is 6.18 Å². The summed E-state index contributed by atoms with van der Waals surface area (Å²) in [6, 6.07) is 16.5. The normalized spacial score (nSPS) is 14.4. The highest BCUT2D eigenvalue weighted by atomic mass is 19.4. The minimum atomic E-state index is -4.40. The van der Waals surface area contributed by atoms with Crippen molar-refractivity contribution in [1.82, 2.24) is 14.7 Å². The summed E-state index contributed by atoms with van der Waals surface area (Å²) in [6.07, 6.45) is -2.84. The highest BCUT2D eigenvalue weighted by Crippen LogP contribution is 2.32. The predicted molar refractivity (Wildman–Crippen MR) is 130 cm³/mol. The molecule has 0 spiro atoms. The Kier molecular flexibility index (Phi) is 6.07. The van der Waals surface area contributed by atoms with Gasteiger partial charge in [-0.25, -0.2) is 4.68 Å². The largest absolute Gasteiger partial charge is 0.463 e. The molecule has 36 heavy (non-hydrogen) atoms. The van der Waals surface area contributed by atoms with Crippen LogP contribution in [0.1, 0.15) is 27.2 Å². The number of aryl methyl sites for hydroxylation is 2. The van der Waals surface area contributed by atoms with Crippen LogP contribution in [-0.4, -0.2) is 46.8 Å². The second-order valence-electron chi connectivity index (χ2n) is 8.92. The number of carbonyl (C=O) groups is 1. The number of nitrogens with zero attached hydrogens (tertiary/aromatic N) is 4. The second-order valence-corrected chi connectivity index (χ2v) is 8.92. The van der Waals surface area contributed by atoms with Crippen molar-refractivity contribution >= 4 is 11.6 Å². The number of furan rings is 1. The van der Waals surface area contributed by atoms with Crippen LogP contribution in [0.2, 0.25) is 0 Å². The average molecular weight is 495 g/mol. The zero-order valence-corrected chi connectivity index (χ0v) is 19.9. The van der Waals surface area contributed by atoms with Crippen molar-refractivity contribution in [3.63, 3.8) is 0 Å². The van der Waals surface area contributed by atoms with Crippen molar-refractivity contribution in [1.29, 1.82) is 0 Å². The lowest BCUT2D eigenvalue weighted by Gasteiger charge is -2.36. The quantitative estimate of drug-likeness (QED) is 0.364. The van der Waals surface area contributed by atoms with Crippen molar-refractivity contribution in [2.45, 2.75) is 20.0 Å². The molecular formula is C27H25F3N4O2. The van der Waals surface area contributed by atoms with Gasteiger partial charge in [0.2, 0.25) is 0 Å². The van der Waals surface area contributed by atoms with Gasteiger partial charge in [-0.1, -0.05) is 23.8 Å². The van der Waals surface area contributed by atoms with Crippen LogP contribution in [0.25, 0.3) is 17.1 Å². The van der Waals surface area contributed by atoms with E-state index in [0.717, 1.165) is 28.9 Å². The van der Waals surface area contributed by atoms with E-state index in [9.17, 15) is 18.0 Å². The first-order valence-electron chi connectivity index (χ1n) is 11.6. The van der Waals surface area contributed by atoms with Crippen molar-refractivity contribution in [2.75, 3.05) is 31.1 Å². The molecule has 0 saturated carbocycles. The molecule has 1 amide bonds. The number of hydrogen-bond donors (Lipinski definition) is 0. The Labute approximate surface area is 206 Å². The zero-order valence-electron chi connectivity index (χ0n) is 19.9. The van der Waals surface area contributed by atoms with Crippen LogP contribution in [0.3, 0.4) is 0 Å². The summed E-state index contributed by atoms with van der Waals surface area (Å²) in [6.45, 7) is 5.58. The number of alkyl halides is 3.